The summed E-state index contributed by atoms with van der Waals surface area (Å²) in [5.74, 6) is 0.802. The Hall–Kier alpha value is -1.78. The van der Waals surface area contributed by atoms with Gasteiger partial charge >= 0.3 is 0 Å². The number of ether oxygens (including phenoxy) is 1. The van der Waals surface area contributed by atoms with Crippen LogP contribution in [-0.2, 0) is 5.60 Å². The van der Waals surface area contributed by atoms with Gasteiger partial charge in [0.1, 0.15) is 5.75 Å². The summed E-state index contributed by atoms with van der Waals surface area (Å²) < 4.78 is 7.59. The zero-order valence-corrected chi connectivity index (χ0v) is 15.7. The van der Waals surface area contributed by atoms with Gasteiger partial charge in [-0.1, -0.05) is 84.4 Å². The highest BCUT2D eigenvalue weighted by molar-refractivity contribution is 14.1. The van der Waals surface area contributed by atoms with Crippen LogP contribution in [0.1, 0.15) is 16.7 Å². The summed E-state index contributed by atoms with van der Waals surface area (Å²) in [6.45, 7) is 0. The van der Waals surface area contributed by atoms with Crippen LogP contribution in [0.25, 0.3) is 5.03 Å². The molecular formula is C21H14ClIO. The predicted octanol–water partition coefficient (Wildman–Crippen LogP) is 6.37. The van der Waals surface area contributed by atoms with Crippen molar-refractivity contribution >= 4 is 39.2 Å². The summed E-state index contributed by atoms with van der Waals surface area (Å²) in [4.78, 5) is 0. The van der Waals surface area contributed by atoms with Gasteiger partial charge in [-0.2, -0.15) is 0 Å². The minimum absolute atomic E-state index is 0.728. The molecule has 3 heteroatoms. The number of halogens is 2. The van der Waals surface area contributed by atoms with E-state index in [4.69, 9.17) is 16.3 Å². The summed E-state index contributed by atoms with van der Waals surface area (Å²) in [7, 11) is 0. The standard InChI is InChI=1S/C21H14ClIO/c22-19-17-13-7-8-14-18(17)24-21(20(19)23,15-9-3-1-4-10-15)16-11-5-2-6-12-16/h1-14H. The molecule has 0 bridgehead atoms. The zero-order chi connectivity index (χ0) is 16.6. The predicted molar refractivity (Wildman–Crippen MR) is 108 cm³/mol. The first kappa shape index (κ1) is 15.7. The van der Waals surface area contributed by atoms with E-state index in [0.717, 1.165) is 31.1 Å². The fourth-order valence-electron chi connectivity index (χ4n) is 3.10. The van der Waals surface area contributed by atoms with E-state index in [0.29, 0.717) is 0 Å². The highest BCUT2D eigenvalue weighted by atomic mass is 127. The van der Waals surface area contributed by atoms with Crippen LogP contribution in [0, 0.1) is 0 Å². The second-order valence-corrected chi connectivity index (χ2v) is 7.10. The van der Waals surface area contributed by atoms with E-state index < -0.39 is 5.60 Å². The highest BCUT2D eigenvalue weighted by Crippen LogP contribution is 2.53. The Bertz CT molecular complexity index is 864. The molecule has 1 aliphatic heterocycles. The molecule has 0 saturated heterocycles. The Labute approximate surface area is 160 Å². The Morgan fingerprint density at radius 3 is 1.79 bits per heavy atom. The topological polar surface area (TPSA) is 9.23 Å². The lowest BCUT2D eigenvalue weighted by Gasteiger charge is -2.39. The van der Waals surface area contributed by atoms with Crippen molar-refractivity contribution in [2.75, 3.05) is 0 Å². The molecule has 3 aromatic carbocycles. The molecule has 0 aliphatic carbocycles. The molecule has 1 nitrogen and oxygen atoms in total. The third-order valence-electron chi connectivity index (χ3n) is 4.25. The molecule has 24 heavy (non-hydrogen) atoms. The Kier molecular flexibility index (Phi) is 4.10. The lowest BCUT2D eigenvalue weighted by molar-refractivity contribution is 0.158. The molecule has 1 heterocycles. The third kappa shape index (κ3) is 2.36. The van der Waals surface area contributed by atoms with Crippen molar-refractivity contribution in [1.29, 1.82) is 0 Å². The van der Waals surface area contributed by atoms with Crippen LogP contribution in [0.2, 0.25) is 0 Å². The maximum atomic E-state index is 6.77. The fraction of sp³-hybridized carbons (Fsp3) is 0.0476. The molecule has 0 amide bonds. The average Bonchev–Trinajstić information content (AvgIpc) is 2.66. The van der Waals surface area contributed by atoms with Crippen LogP contribution in [0.15, 0.2) is 88.5 Å². The largest absolute Gasteiger partial charge is 0.472 e. The molecule has 0 radical (unpaired) electrons. The number of rotatable bonds is 2. The van der Waals surface area contributed by atoms with Crippen LogP contribution in [0.5, 0.6) is 5.75 Å². The van der Waals surface area contributed by atoms with Gasteiger partial charge in [0.25, 0.3) is 0 Å². The van der Waals surface area contributed by atoms with Gasteiger partial charge in [0, 0.05) is 16.7 Å². The van der Waals surface area contributed by atoms with Gasteiger partial charge < -0.3 is 4.74 Å². The Morgan fingerprint density at radius 2 is 1.21 bits per heavy atom. The van der Waals surface area contributed by atoms with Crippen LogP contribution >= 0.6 is 34.2 Å². The van der Waals surface area contributed by atoms with Gasteiger partial charge in [-0.15, -0.1) is 0 Å². The number of hydrogen-bond donors (Lipinski definition) is 0. The summed E-state index contributed by atoms with van der Waals surface area (Å²) in [6.07, 6.45) is 0. The minimum atomic E-state index is -0.728. The van der Waals surface area contributed by atoms with E-state index >= 15 is 0 Å². The first-order valence-electron chi connectivity index (χ1n) is 7.68. The van der Waals surface area contributed by atoms with Crippen LogP contribution in [0.3, 0.4) is 0 Å². The highest BCUT2D eigenvalue weighted by Gasteiger charge is 2.44. The van der Waals surface area contributed by atoms with E-state index in [9.17, 15) is 0 Å². The van der Waals surface area contributed by atoms with E-state index in [2.05, 4.69) is 46.9 Å². The van der Waals surface area contributed by atoms with Gasteiger partial charge in [0.15, 0.2) is 5.60 Å². The smallest absolute Gasteiger partial charge is 0.191 e. The van der Waals surface area contributed by atoms with E-state index in [1.165, 1.54) is 0 Å². The normalized spacial score (nSPS) is 15.6. The van der Waals surface area contributed by atoms with Crippen LogP contribution < -0.4 is 4.74 Å². The maximum absolute atomic E-state index is 6.77. The zero-order valence-electron chi connectivity index (χ0n) is 12.7. The lowest BCUT2D eigenvalue weighted by atomic mass is 9.83. The summed E-state index contributed by atoms with van der Waals surface area (Å²) in [5, 5.41) is 0.741. The number of fused-ring (bicyclic) bond motifs is 1. The molecule has 0 aromatic heterocycles. The second-order valence-electron chi connectivity index (χ2n) is 5.64. The fourth-order valence-corrected chi connectivity index (χ4v) is 4.42. The van der Waals surface area contributed by atoms with Crippen LogP contribution in [-0.4, -0.2) is 0 Å². The van der Waals surface area contributed by atoms with Crippen molar-refractivity contribution in [3.05, 3.63) is 105 Å². The van der Waals surface area contributed by atoms with Crippen molar-refractivity contribution in [2.45, 2.75) is 5.60 Å². The molecular weight excluding hydrogens is 431 g/mol. The van der Waals surface area contributed by atoms with Crippen molar-refractivity contribution in [2.24, 2.45) is 0 Å². The van der Waals surface area contributed by atoms with Crippen molar-refractivity contribution in [1.82, 2.24) is 0 Å². The van der Waals surface area contributed by atoms with Gasteiger partial charge in [-0.3, -0.25) is 0 Å². The molecule has 118 valence electrons. The third-order valence-corrected chi connectivity index (χ3v) is 6.26. The molecule has 0 unspecified atom stereocenters. The molecule has 0 N–H and O–H groups in total. The second kappa shape index (κ2) is 6.26. The number of hydrogen-bond acceptors (Lipinski definition) is 1. The lowest BCUT2D eigenvalue weighted by Crippen LogP contribution is -2.37. The van der Waals surface area contributed by atoms with Crippen LogP contribution in [0.4, 0.5) is 0 Å². The minimum Gasteiger partial charge on any atom is -0.472 e. The summed E-state index contributed by atoms with van der Waals surface area (Å²) >= 11 is 9.10. The molecule has 0 fully saturated rings. The summed E-state index contributed by atoms with van der Waals surface area (Å²) in [5.41, 5.74) is 2.33. The SMILES string of the molecule is ClC1=C(I)C(c2ccccc2)(c2ccccc2)Oc2ccccc21. The van der Waals surface area contributed by atoms with Crippen molar-refractivity contribution in [3.8, 4) is 5.75 Å². The van der Waals surface area contributed by atoms with Crippen molar-refractivity contribution < 1.29 is 4.74 Å². The molecule has 0 atom stereocenters. The maximum Gasteiger partial charge on any atom is 0.191 e. The van der Waals surface area contributed by atoms with Gasteiger partial charge in [0.05, 0.1) is 8.61 Å². The average molecular weight is 445 g/mol. The monoisotopic (exact) mass is 444 g/mol. The van der Waals surface area contributed by atoms with Gasteiger partial charge in [-0.25, -0.2) is 0 Å². The van der Waals surface area contributed by atoms with E-state index in [-0.39, 0.29) is 0 Å². The van der Waals surface area contributed by atoms with Crippen molar-refractivity contribution in [3.63, 3.8) is 0 Å². The molecule has 3 aromatic rings. The quantitative estimate of drug-likeness (QED) is 0.418. The molecule has 4 rings (SSSR count). The van der Waals surface area contributed by atoms with Gasteiger partial charge in [-0.05, 0) is 34.7 Å². The molecule has 0 saturated carbocycles. The first-order valence-corrected chi connectivity index (χ1v) is 9.14. The molecule has 0 spiro atoms. The Balaban J connectivity index is 2.05. The first-order chi connectivity index (χ1) is 11.7. The summed E-state index contributed by atoms with van der Waals surface area (Å²) in [6, 6.07) is 28.4. The molecule has 1 aliphatic rings. The Morgan fingerprint density at radius 1 is 0.708 bits per heavy atom. The number of benzene rings is 3. The number of para-hydroxylation sites is 1. The van der Waals surface area contributed by atoms with E-state index in [1.807, 2.05) is 60.7 Å². The van der Waals surface area contributed by atoms with Gasteiger partial charge in [0.2, 0.25) is 0 Å². The van der Waals surface area contributed by atoms with E-state index in [1.54, 1.807) is 0 Å².